The first kappa shape index (κ1) is 16.3. The summed E-state index contributed by atoms with van der Waals surface area (Å²) >= 11 is 0. The van der Waals surface area contributed by atoms with Crippen molar-refractivity contribution >= 4 is 11.9 Å². The fraction of sp³-hybridized carbons (Fsp3) is 0.200. The Hall–Kier alpha value is -3.15. The van der Waals surface area contributed by atoms with Gasteiger partial charge in [0.15, 0.2) is 0 Å². The Kier molecular flexibility index (Phi) is 4.39. The molecule has 5 nitrogen and oxygen atoms in total. The van der Waals surface area contributed by atoms with Gasteiger partial charge in [0, 0.05) is 44.1 Å². The van der Waals surface area contributed by atoms with Crippen LogP contribution in [0.1, 0.15) is 10.4 Å². The van der Waals surface area contributed by atoms with E-state index in [4.69, 9.17) is 0 Å². The topological polar surface area (TPSA) is 41.4 Å². The van der Waals surface area contributed by atoms with Crippen LogP contribution in [0.25, 0.3) is 5.69 Å². The molecule has 2 heterocycles. The number of carbonyl (C=O) groups excluding carboxylic acids is 1. The molecule has 1 aliphatic heterocycles. The molecule has 0 atom stereocenters. The zero-order valence-corrected chi connectivity index (χ0v) is 14.3. The van der Waals surface area contributed by atoms with Crippen molar-refractivity contribution in [3.8, 4) is 5.69 Å². The molecule has 132 valence electrons. The highest BCUT2D eigenvalue weighted by atomic mass is 19.1. The van der Waals surface area contributed by atoms with Crippen molar-refractivity contribution in [2.45, 2.75) is 0 Å². The van der Waals surface area contributed by atoms with Gasteiger partial charge < -0.3 is 9.80 Å². The maximum Gasteiger partial charge on any atom is 0.253 e. The Bertz CT molecular complexity index is 901. The molecule has 26 heavy (non-hydrogen) atoms. The van der Waals surface area contributed by atoms with Gasteiger partial charge in [0.2, 0.25) is 5.95 Å². The molecule has 1 saturated heterocycles. The Labute approximate surface area is 151 Å². The largest absolute Gasteiger partial charge is 0.338 e. The van der Waals surface area contributed by atoms with E-state index in [0.717, 1.165) is 0 Å². The van der Waals surface area contributed by atoms with Crippen molar-refractivity contribution in [1.82, 2.24) is 14.5 Å². The lowest BCUT2D eigenvalue weighted by molar-refractivity contribution is 0.0746. The van der Waals surface area contributed by atoms with Crippen LogP contribution in [0.3, 0.4) is 0 Å². The molecule has 1 fully saturated rings. The Morgan fingerprint density at radius 1 is 0.923 bits per heavy atom. The lowest BCUT2D eigenvalue weighted by Gasteiger charge is -2.35. The van der Waals surface area contributed by atoms with Crippen LogP contribution in [0.15, 0.2) is 67.0 Å². The van der Waals surface area contributed by atoms with Crippen molar-refractivity contribution < 1.29 is 9.18 Å². The third-order valence-corrected chi connectivity index (χ3v) is 4.60. The molecule has 0 spiro atoms. The molecule has 0 unspecified atom stereocenters. The summed E-state index contributed by atoms with van der Waals surface area (Å²) in [6, 6.07) is 16.0. The second-order valence-corrected chi connectivity index (χ2v) is 6.19. The van der Waals surface area contributed by atoms with Gasteiger partial charge in [0.05, 0.1) is 5.69 Å². The number of piperazine rings is 1. The molecule has 3 aromatic rings. The molecular formula is C20H19FN4O. The van der Waals surface area contributed by atoms with Crippen molar-refractivity contribution in [3.63, 3.8) is 0 Å². The smallest absolute Gasteiger partial charge is 0.253 e. The standard InChI is InChI=1S/C20H19FN4O/c21-17-8-4-5-9-18(17)25-11-10-22-20(25)24-14-12-23(13-15-24)19(26)16-6-2-1-3-7-16/h1-11H,12-15H2. The Morgan fingerprint density at radius 3 is 2.35 bits per heavy atom. The number of nitrogens with zero attached hydrogens (tertiary/aromatic N) is 4. The molecule has 0 N–H and O–H groups in total. The fourth-order valence-electron chi connectivity index (χ4n) is 3.24. The highest BCUT2D eigenvalue weighted by Gasteiger charge is 2.24. The van der Waals surface area contributed by atoms with E-state index in [9.17, 15) is 9.18 Å². The first-order valence-corrected chi connectivity index (χ1v) is 8.61. The van der Waals surface area contributed by atoms with Crippen LogP contribution in [-0.2, 0) is 0 Å². The van der Waals surface area contributed by atoms with Crippen LogP contribution in [0.2, 0.25) is 0 Å². The number of para-hydroxylation sites is 1. The van der Waals surface area contributed by atoms with Crippen molar-refractivity contribution in [2.24, 2.45) is 0 Å². The number of hydrogen-bond acceptors (Lipinski definition) is 3. The molecule has 6 heteroatoms. The number of aromatic nitrogens is 2. The molecule has 0 bridgehead atoms. The second-order valence-electron chi connectivity index (χ2n) is 6.19. The maximum atomic E-state index is 14.1. The third-order valence-electron chi connectivity index (χ3n) is 4.60. The van der Waals surface area contributed by atoms with E-state index in [1.54, 1.807) is 35.2 Å². The van der Waals surface area contributed by atoms with Crippen LogP contribution < -0.4 is 4.90 Å². The first-order chi connectivity index (χ1) is 12.7. The minimum absolute atomic E-state index is 0.0442. The van der Waals surface area contributed by atoms with Gasteiger partial charge in [-0.25, -0.2) is 9.37 Å². The number of rotatable bonds is 3. The summed E-state index contributed by atoms with van der Waals surface area (Å²) in [4.78, 5) is 20.9. The summed E-state index contributed by atoms with van der Waals surface area (Å²) in [5.41, 5.74) is 1.18. The van der Waals surface area contributed by atoms with Gasteiger partial charge in [-0.2, -0.15) is 0 Å². The first-order valence-electron chi connectivity index (χ1n) is 8.61. The van der Waals surface area contributed by atoms with E-state index in [-0.39, 0.29) is 11.7 Å². The maximum absolute atomic E-state index is 14.1. The number of halogens is 1. The summed E-state index contributed by atoms with van der Waals surface area (Å²) < 4.78 is 15.9. The molecule has 1 aromatic heterocycles. The van der Waals surface area contributed by atoms with Crippen LogP contribution in [0, 0.1) is 5.82 Å². The van der Waals surface area contributed by atoms with Crippen molar-refractivity contribution in [2.75, 3.05) is 31.1 Å². The van der Waals surface area contributed by atoms with Crippen LogP contribution >= 0.6 is 0 Å². The molecule has 0 saturated carbocycles. The van der Waals surface area contributed by atoms with Gasteiger partial charge in [-0.05, 0) is 24.3 Å². The number of anilines is 1. The van der Waals surface area contributed by atoms with Gasteiger partial charge in [-0.1, -0.05) is 30.3 Å². The normalized spacial score (nSPS) is 14.5. The Balaban J connectivity index is 1.49. The quantitative estimate of drug-likeness (QED) is 0.729. The van der Waals surface area contributed by atoms with E-state index >= 15 is 0 Å². The minimum atomic E-state index is -0.287. The molecule has 2 aromatic carbocycles. The van der Waals surface area contributed by atoms with Crippen molar-refractivity contribution in [1.29, 1.82) is 0 Å². The average Bonchev–Trinajstić information content (AvgIpc) is 3.18. The number of amides is 1. The van der Waals surface area contributed by atoms with Gasteiger partial charge in [-0.15, -0.1) is 0 Å². The third kappa shape index (κ3) is 3.06. The molecular weight excluding hydrogens is 331 g/mol. The summed E-state index contributed by atoms with van der Waals surface area (Å²) in [6.07, 6.45) is 3.43. The summed E-state index contributed by atoms with van der Waals surface area (Å²) in [5, 5.41) is 0. The fourth-order valence-corrected chi connectivity index (χ4v) is 3.24. The molecule has 4 rings (SSSR count). The zero-order chi connectivity index (χ0) is 17.9. The van der Waals surface area contributed by atoms with E-state index in [1.807, 2.05) is 35.2 Å². The van der Waals surface area contributed by atoms with E-state index in [1.165, 1.54) is 6.07 Å². The average molecular weight is 350 g/mol. The Morgan fingerprint density at radius 2 is 1.62 bits per heavy atom. The van der Waals surface area contributed by atoms with E-state index in [2.05, 4.69) is 9.88 Å². The number of imidazole rings is 1. The van der Waals surface area contributed by atoms with E-state index < -0.39 is 0 Å². The lowest BCUT2D eigenvalue weighted by atomic mass is 10.2. The summed E-state index contributed by atoms with van der Waals surface area (Å²) in [7, 11) is 0. The van der Waals surface area contributed by atoms with Gasteiger partial charge in [0.1, 0.15) is 5.82 Å². The minimum Gasteiger partial charge on any atom is -0.338 e. The monoisotopic (exact) mass is 350 g/mol. The summed E-state index contributed by atoms with van der Waals surface area (Å²) in [6.45, 7) is 2.53. The van der Waals surface area contributed by atoms with Gasteiger partial charge in [-0.3, -0.25) is 9.36 Å². The van der Waals surface area contributed by atoms with Crippen LogP contribution in [0.5, 0.6) is 0 Å². The molecule has 1 aliphatic rings. The van der Waals surface area contributed by atoms with Gasteiger partial charge >= 0.3 is 0 Å². The number of carbonyl (C=O) groups is 1. The van der Waals surface area contributed by atoms with Gasteiger partial charge in [0.25, 0.3) is 5.91 Å². The summed E-state index contributed by atoms with van der Waals surface area (Å²) in [5.74, 6) is 0.453. The predicted molar refractivity (Wildman–Crippen MR) is 98.1 cm³/mol. The number of hydrogen-bond donors (Lipinski definition) is 0. The SMILES string of the molecule is O=C(c1ccccc1)N1CCN(c2nccn2-c2ccccc2F)CC1. The van der Waals surface area contributed by atoms with E-state index in [0.29, 0.717) is 43.4 Å². The highest BCUT2D eigenvalue weighted by molar-refractivity contribution is 5.94. The van der Waals surface area contributed by atoms with Crippen molar-refractivity contribution in [3.05, 3.63) is 78.4 Å². The molecule has 1 amide bonds. The number of benzene rings is 2. The van der Waals surface area contributed by atoms with Crippen LogP contribution in [-0.4, -0.2) is 46.5 Å². The highest BCUT2D eigenvalue weighted by Crippen LogP contribution is 2.22. The van der Waals surface area contributed by atoms with Crippen LogP contribution in [0.4, 0.5) is 10.3 Å². The molecule has 0 radical (unpaired) electrons. The molecule has 0 aliphatic carbocycles. The zero-order valence-electron chi connectivity index (χ0n) is 14.3. The lowest BCUT2D eigenvalue weighted by Crippen LogP contribution is -2.49. The second kappa shape index (κ2) is 7.00. The predicted octanol–water partition coefficient (Wildman–Crippen LogP) is 2.97.